The molecule has 0 aromatic heterocycles. The van der Waals surface area contributed by atoms with Crippen LogP contribution >= 0.6 is 23.2 Å². The molecule has 0 fully saturated rings. The smallest absolute Gasteiger partial charge is 0.262 e. The third-order valence-electron chi connectivity index (χ3n) is 3.04. The Labute approximate surface area is 133 Å². The molecule has 0 atom stereocenters. The highest BCUT2D eigenvalue weighted by atomic mass is 35.5. The molecule has 0 saturated heterocycles. The summed E-state index contributed by atoms with van der Waals surface area (Å²) in [7, 11) is 0. The van der Waals surface area contributed by atoms with E-state index in [4.69, 9.17) is 27.9 Å². The van der Waals surface area contributed by atoms with Gasteiger partial charge in [0.2, 0.25) is 0 Å². The first-order valence-electron chi connectivity index (χ1n) is 6.41. The summed E-state index contributed by atoms with van der Waals surface area (Å²) in [6, 6.07) is 10.6. The van der Waals surface area contributed by atoms with Crippen LogP contribution in [0.2, 0.25) is 10.0 Å². The number of hydrogen-bond donors (Lipinski definition) is 1. The minimum Gasteiger partial charge on any atom is -0.483 e. The molecule has 110 valence electrons. The van der Waals surface area contributed by atoms with Crippen molar-refractivity contribution in [1.29, 1.82) is 0 Å². The Kier molecular flexibility index (Phi) is 5.10. The fourth-order valence-corrected chi connectivity index (χ4v) is 2.25. The summed E-state index contributed by atoms with van der Waals surface area (Å²) < 4.78 is 5.49. The van der Waals surface area contributed by atoms with Gasteiger partial charge in [-0.05, 0) is 55.3 Å². The lowest BCUT2D eigenvalue weighted by Gasteiger charge is -2.11. The maximum Gasteiger partial charge on any atom is 0.262 e. The molecule has 2 aromatic carbocycles. The second-order valence-electron chi connectivity index (χ2n) is 4.66. The fourth-order valence-electron chi connectivity index (χ4n) is 1.85. The van der Waals surface area contributed by atoms with Gasteiger partial charge in [0.25, 0.3) is 5.91 Å². The standard InChI is InChI=1S/C16H15Cl2NO2/c1-10-8-12(17)6-7-15(10)21-9-16(20)19-14-5-3-4-13(18)11(14)2/h3-8H,9H2,1-2H3,(H,19,20). The van der Waals surface area contributed by atoms with Crippen molar-refractivity contribution in [2.24, 2.45) is 0 Å². The summed E-state index contributed by atoms with van der Waals surface area (Å²) in [6.45, 7) is 3.65. The lowest BCUT2D eigenvalue weighted by molar-refractivity contribution is -0.118. The van der Waals surface area contributed by atoms with Crippen molar-refractivity contribution in [2.75, 3.05) is 11.9 Å². The van der Waals surface area contributed by atoms with Gasteiger partial charge >= 0.3 is 0 Å². The van der Waals surface area contributed by atoms with E-state index in [1.165, 1.54) is 0 Å². The van der Waals surface area contributed by atoms with E-state index >= 15 is 0 Å². The van der Waals surface area contributed by atoms with Crippen LogP contribution < -0.4 is 10.1 Å². The van der Waals surface area contributed by atoms with Crippen molar-refractivity contribution in [3.8, 4) is 5.75 Å². The molecule has 0 heterocycles. The van der Waals surface area contributed by atoms with Crippen LogP contribution in [-0.4, -0.2) is 12.5 Å². The van der Waals surface area contributed by atoms with E-state index in [0.29, 0.717) is 21.5 Å². The third-order valence-corrected chi connectivity index (χ3v) is 3.68. The van der Waals surface area contributed by atoms with Crippen LogP contribution in [0.15, 0.2) is 36.4 Å². The molecular weight excluding hydrogens is 309 g/mol. The lowest BCUT2D eigenvalue weighted by Crippen LogP contribution is -2.20. The molecule has 0 aliphatic carbocycles. The summed E-state index contributed by atoms with van der Waals surface area (Å²) in [5.74, 6) is 0.395. The predicted molar refractivity (Wildman–Crippen MR) is 86.5 cm³/mol. The average Bonchev–Trinajstić information content (AvgIpc) is 2.43. The van der Waals surface area contributed by atoms with Crippen LogP contribution in [0.3, 0.4) is 0 Å². The van der Waals surface area contributed by atoms with Crippen LogP contribution in [0.5, 0.6) is 5.75 Å². The Morgan fingerprint density at radius 1 is 1.19 bits per heavy atom. The fraction of sp³-hybridized carbons (Fsp3) is 0.188. The van der Waals surface area contributed by atoms with Crippen LogP contribution in [0, 0.1) is 13.8 Å². The quantitative estimate of drug-likeness (QED) is 0.890. The third kappa shape index (κ3) is 4.13. The molecule has 21 heavy (non-hydrogen) atoms. The predicted octanol–water partition coefficient (Wildman–Crippen LogP) is 4.63. The molecule has 3 nitrogen and oxygen atoms in total. The van der Waals surface area contributed by atoms with Gasteiger partial charge in [-0.25, -0.2) is 0 Å². The number of hydrogen-bond acceptors (Lipinski definition) is 2. The van der Waals surface area contributed by atoms with Crippen molar-refractivity contribution < 1.29 is 9.53 Å². The lowest BCUT2D eigenvalue weighted by atomic mass is 10.2. The zero-order chi connectivity index (χ0) is 15.4. The first kappa shape index (κ1) is 15.7. The van der Waals surface area contributed by atoms with E-state index in [1.807, 2.05) is 13.8 Å². The number of carbonyl (C=O) groups is 1. The number of aryl methyl sites for hydroxylation is 1. The van der Waals surface area contributed by atoms with Crippen molar-refractivity contribution in [2.45, 2.75) is 13.8 Å². The van der Waals surface area contributed by atoms with Crippen molar-refractivity contribution in [1.82, 2.24) is 0 Å². The van der Waals surface area contributed by atoms with E-state index in [2.05, 4.69) is 5.32 Å². The Morgan fingerprint density at radius 2 is 1.95 bits per heavy atom. The number of anilines is 1. The number of nitrogens with one attached hydrogen (secondary N) is 1. The van der Waals surface area contributed by atoms with Gasteiger partial charge in [-0.3, -0.25) is 4.79 Å². The van der Waals surface area contributed by atoms with Crippen LogP contribution in [0.1, 0.15) is 11.1 Å². The van der Waals surface area contributed by atoms with Gasteiger partial charge in [-0.2, -0.15) is 0 Å². The average molecular weight is 324 g/mol. The van der Waals surface area contributed by atoms with E-state index < -0.39 is 0 Å². The highest BCUT2D eigenvalue weighted by Crippen LogP contribution is 2.24. The summed E-state index contributed by atoms with van der Waals surface area (Å²) in [5, 5.41) is 4.03. The number of carbonyl (C=O) groups excluding carboxylic acids is 1. The highest BCUT2D eigenvalue weighted by Gasteiger charge is 2.08. The van der Waals surface area contributed by atoms with Crippen LogP contribution in [0.25, 0.3) is 0 Å². The van der Waals surface area contributed by atoms with E-state index in [1.54, 1.807) is 36.4 Å². The monoisotopic (exact) mass is 323 g/mol. The molecule has 0 unspecified atom stereocenters. The molecular formula is C16H15Cl2NO2. The Balaban J connectivity index is 1.97. The first-order valence-corrected chi connectivity index (χ1v) is 7.17. The van der Waals surface area contributed by atoms with Gasteiger partial charge in [-0.1, -0.05) is 29.3 Å². The van der Waals surface area contributed by atoms with Gasteiger partial charge in [0.05, 0.1) is 0 Å². The van der Waals surface area contributed by atoms with Crippen LogP contribution in [-0.2, 0) is 4.79 Å². The Bertz CT molecular complexity index is 671. The SMILES string of the molecule is Cc1cc(Cl)ccc1OCC(=O)Nc1cccc(Cl)c1C. The largest absolute Gasteiger partial charge is 0.483 e. The minimum atomic E-state index is -0.241. The molecule has 1 N–H and O–H groups in total. The number of benzene rings is 2. The Morgan fingerprint density at radius 3 is 2.67 bits per heavy atom. The molecule has 2 aromatic rings. The normalized spacial score (nSPS) is 10.3. The van der Waals surface area contributed by atoms with Gasteiger partial charge in [0.1, 0.15) is 5.75 Å². The highest BCUT2D eigenvalue weighted by molar-refractivity contribution is 6.31. The molecule has 5 heteroatoms. The molecule has 0 bridgehead atoms. The molecule has 0 aliphatic rings. The van der Waals surface area contributed by atoms with Gasteiger partial charge in [0.15, 0.2) is 6.61 Å². The van der Waals surface area contributed by atoms with Gasteiger partial charge in [-0.15, -0.1) is 0 Å². The van der Waals surface area contributed by atoms with E-state index in [0.717, 1.165) is 11.1 Å². The summed E-state index contributed by atoms with van der Waals surface area (Å²) >= 11 is 11.9. The molecule has 1 amide bonds. The van der Waals surface area contributed by atoms with Crippen LogP contribution in [0.4, 0.5) is 5.69 Å². The molecule has 0 aliphatic heterocycles. The summed E-state index contributed by atoms with van der Waals surface area (Å²) in [5.41, 5.74) is 2.40. The summed E-state index contributed by atoms with van der Waals surface area (Å²) in [6.07, 6.45) is 0. The molecule has 0 spiro atoms. The van der Waals surface area contributed by atoms with Gasteiger partial charge in [0, 0.05) is 15.7 Å². The second-order valence-corrected chi connectivity index (χ2v) is 5.50. The van der Waals surface area contributed by atoms with E-state index in [9.17, 15) is 4.79 Å². The summed E-state index contributed by atoms with van der Waals surface area (Å²) in [4.78, 5) is 11.9. The Hall–Kier alpha value is -1.71. The van der Waals surface area contributed by atoms with Crippen molar-refractivity contribution >= 4 is 34.8 Å². The van der Waals surface area contributed by atoms with Gasteiger partial charge < -0.3 is 10.1 Å². The maximum absolute atomic E-state index is 11.9. The van der Waals surface area contributed by atoms with Crippen molar-refractivity contribution in [3.63, 3.8) is 0 Å². The molecule has 0 radical (unpaired) electrons. The second kappa shape index (κ2) is 6.83. The topological polar surface area (TPSA) is 38.3 Å². The van der Waals surface area contributed by atoms with Crippen molar-refractivity contribution in [3.05, 3.63) is 57.6 Å². The minimum absolute atomic E-state index is 0.0750. The molecule has 2 rings (SSSR count). The number of rotatable bonds is 4. The number of halogens is 2. The van der Waals surface area contributed by atoms with E-state index in [-0.39, 0.29) is 12.5 Å². The maximum atomic E-state index is 11.9. The zero-order valence-corrected chi connectivity index (χ0v) is 13.3. The zero-order valence-electron chi connectivity index (χ0n) is 11.7. The number of ether oxygens (including phenoxy) is 1. The number of amides is 1. The first-order chi connectivity index (χ1) is 9.97. The molecule has 0 saturated carbocycles.